The number of hydrogen-bond acceptors (Lipinski definition) is 6. The Morgan fingerprint density at radius 2 is 2.04 bits per heavy atom. The van der Waals surface area contributed by atoms with Crippen LogP contribution in [0.25, 0.3) is 0 Å². The normalized spacial score (nSPS) is 13.3. The first-order valence-corrected chi connectivity index (χ1v) is 9.11. The number of rotatable bonds is 9. The molecule has 0 aliphatic rings. The molecule has 0 aliphatic heterocycles. The Bertz CT molecular complexity index is 672. The van der Waals surface area contributed by atoms with Crippen LogP contribution in [0.15, 0.2) is 29.6 Å². The number of aryl methyl sites for hydroxylation is 1. The summed E-state index contributed by atoms with van der Waals surface area (Å²) in [6.07, 6.45) is -0.586. The minimum absolute atomic E-state index is 0.0148. The molecule has 1 aromatic heterocycles. The first kappa shape index (κ1) is 19.4. The number of aromatic nitrogens is 1. The zero-order chi connectivity index (χ0) is 18.2. The number of likely N-dealkylation sites (N-methyl/N-ethyl adjacent to an activating group) is 1. The molecule has 0 aliphatic carbocycles. The Labute approximate surface area is 152 Å². The van der Waals surface area contributed by atoms with Crippen LogP contribution in [0.5, 0.6) is 5.75 Å². The van der Waals surface area contributed by atoms with E-state index in [4.69, 9.17) is 4.74 Å². The van der Waals surface area contributed by atoms with Gasteiger partial charge in [0.2, 0.25) is 0 Å². The summed E-state index contributed by atoms with van der Waals surface area (Å²) in [5.41, 5.74) is 1.89. The third kappa shape index (κ3) is 6.12. The van der Waals surface area contributed by atoms with Gasteiger partial charge < -0.3 is 20.5 Å². The van der Waals surface area contributed by atoms with Gasteiger partial charge in [-0.05, 0) is 30.5 Å². The summed E-state index contributed by atoms with van der Waals surface area (Å²) in [6, 6.07) is 7.71. The second-order valence-electron chi connectivity index (χ2n) is 5.90. The molecule has 0 saturated carbocycles. The van der Waals surface area contributed by atoms with E-state index >= 15 is 0 Å². The van der Waals surface area contributed by atoms with Crippen molar-refractivity contribution in [3.05, 3.63) is 45.9 Å². The number of nitrogens with one attached hydrogen (secondary N) is 2. The first-order valence-electron chi connectivity index (χ1n) is 8.23. The van der Waals surface area contributed by atoms with Gasteiger partial charge in [0, 0.05) is 25.5 Å². The zero-order valence-electron chi connectivity index (χ0n) is 14.8. The predicted octanol–water partition coefficient (Wildman–Crippen LogP) is 2.00. The summed E-state index contributed by atoms with van der Waals surface area (Å²) in [5, 5.41) is 18.8. The molecule has 2 atom stereocenters. The number of hydrogen-bond donors (Lipinski definition) is 3. The molecule has 7 heteroatoms. The number of nitrogens with zero attached hydrogens (tertiary/aromatic N) is 1. The maximum atomic E-state index is 11.2. The minimum atomic E-state index is -0.586. The van der Waals surface area contributed by atoms with Gasteiger partial charge >= 0.3 is 0 Å². The lowest BCUT2D eigenvalue weighted by molar-refractivity contribution is -0.122. The lowest BCUT2D eigenvalue weighted by atomic mass is 10.0. The molecule has 2 aromatic rings. The topological polar surface area (TPSA) is 83.5 Å². The van der Waals surface area contributed by atoms with E-state index in [-0.39, 0.29) is 18.4 Å². The number of aliphatic hydroxyl groups excluding tert-OH is 1. The number of ether oxygens (including phenoxy) is 1. The fourth-order valence-corrected chi connectivity index (χ4v) is 2.97. The number of amides is 1. The van der Waals surface area contributed by atoms with Gasteiger partial charge in [0.05, 0.1) is 10.7 Å². The van der Waals surface area contributed by atoms with Crippen LogP contribution >= 0.6 is 11.3 Å². The van der Waals surface area contributed by atoms with Gasteiger partial charge in [0.15, 0.2) is 6.61 Å². The summed E-state index contributed by atoms with van der Waals surface area (Å²) >= 11 is 1.54. The van der Waals surface area contributed by atoms with Crippen LogP contribution < -0.4 is 15.4 Å². The third-order valence-electron chi connectivity index (χ3n) is 3.86. The van der Waals surface area contributed by atoms with Gasteiger partial charge in [-0.3, -0.25) is 4.79 Å². The predicted molar refractivity (Wildman–Crippen MR) is 99.1 cm³/mol. The second-order valence-corrected chi connectivity index (χ2v) is 6.96. The fraction of sp³-hybridized carbons (Fsp3) is 0.444. The molecule has 0 bridgehead atoms. The number of carbonyl (C=O) groups excluding carboxylic acids is 1. The fourth-order valence-electron chi connectivity index (χ4n) is 2.31. The van der Waals surface area contributed by atoms with Crippen molar-refractivity contribution in [2.24, 2.45) is 0 Å². The molecule has 136 valence electrons. The Morgan fingerprint density at radius 3 is 2.64 bits per heavy atom. The van der Waals surface area contributed by atoms with Crippen molar-refractivity contribution in [1.29, 1.82) is 0 Å². The lowest BCUT2D eigenvalue weighted by Gasteiger charge is -2.15. The average Bonchev–Trinajstić information content (AvgIpc) is 3.06. The van der Waals surface area contributed by atoms with Crippen LogP contribution in [0.1, 0.15) is 35.2 Å². The van der Waals surface area contributed by atoms with Gasteiger partial charge in [0.25, 0.3) is 5.91 Å². The summed E-state index contributed by atoms with van der Waals surface area (Å²) in [5.74, 6) is 0.801. The van der Waals surface area contributed by atoms with E-state index in [0.29, 0.717) is 12.3 Å². The van der Waals surface area contributed by atoms with Crippen LogP contribution in [0.4, 0.5) is 0 Å². The Hall–Kier alpha value is -1.96. The van der Waals surface area contributed by atoms with E-state index in [1.54, 1.807) is 18.4 Å². The molecule has 25 heavy (non-hydrogen) atoms. The first-order chi connectivity index (χ1) is 12.0. The quantitative estimate of drug-likeness (QED) is 0.635. The van der Waals surface area contributed by atoms with Crippen molar-refractivity contribution >= 4 is 17.2 Å². The highest BCUT2D eigenvalue weighted by molar-refractivity contribution is 7.09. The van der Waals surface area contributed by atoms with Gasteiger partial charge in [-0.1, -0.05) is 19.1 Å². The van der Waals surface area contributed by atoms with Gasteiger partial charge in [-0.15, -0.1) is 11.3 Å². The Balaban J connectivity index is 1.76. The van der Waals surface area contributed by atoms with Crippen molar-refractivity contribution in [2.75, 3.05) is 26.7 Å². The van der Waals surface area contributed by atoms with Crippen LogP contribution in [0.3, 0.4) is 0 Å². The van der Waals surface area contributed by atoms with Crippen LogP contribution in [-0.2, 0) is 4.79 Å². The lowest BCUT2D eigenvalue weighted by Crippen LogP contribution is -2.26. The Morgan fingerprint density at radius 1 is 1.32 bits per heavy atom. The highest BCUT2D eigenvalue weighted by atomic mass is 32.1. The smallest absolute Gasteiger partial charge is 0.257 e. The summed E-state index contributed by atoms with van der Waals surface area (Å²) in [4.78, 5) is 15.5. The molecule has 1 amide bonds. The van der Waals surface area contributed by atoms with Crippen molar-refractivity contribution in [3.8, 4) is 5.75 Å². The molecule has 0 fully saturated rings. The molecule has 1 heterocycles. The van der Waals surface area contributed by atoms with Crippen molar-refractivity contribution < 1.29 is 14.6 Å². The maximum Gasteiger partial charge on any atom is 0.257 e. The highest BCUT2D eigenvalue weighted by Gasteiger charge is 2.12. The van der Waals surface area contributed by atoms with E-state index in [1.807, 2.05) is 36.6 Å². The number of aliphatic hydroxyl groups is 1. The minimum Gasteiger partial charge on any atom is -0.484 e. The van der Waals surface area contributed by atoms with Gasteiger partial charge in [0.1, 0.15) is 11.9 Å². The van der Waals surface area contributed by atoms with Crippen molar-refractivity contribution in [1.82, 2.24) is 15.6 Å². The molecule has 3 N–H and O–H groups in total. The molecule has 0 saturated heterocycles. The van der Waals surface area contributed by atoms with Crippen molar-refractivity contribution in [2.45, 2.75) is 25.9 Å². The maximum absolute atomic E-state index is 11.2. The summed E-state index contributed by atoms with van der Waals surface area (Å²) in [6.45, 7) is 5.28. The van der Waals surface area contributed by atoms with Crippen LogP contribution in [0.2, 0.25) is 0 Å². The molecule has 2 unspecified atom stereocenters. The van der Waals surface area contributed by atoms with E-state index in [1.165, 1.54) is 5.56 Å². The molecule has 6 nitrogen and oxygen atoms in total. The molecule has 2 rings (SSSR count). The molecule has 0 spiro atoms. The average molecular weight is 363 g/mol. The summed E-state index contributed by atoms with van der Waals surface area (Å²) in [7, 11) is 1.58. The van der Waals surface area contributed by atoms with Crippen molar-refractivity contribution in [3.63, 3.8) is 0 Å². The zero-order valence-corrected chi connectivity index (χ0v) is 15.6. The van der Waals surface area contributed by atoms with Crippen LogP contribution in [0, 0.1) is 6.92 Å². The monoisotopic (exact) mass is 363 g/mol. The van der Waals surface area contributed by atoms with Crippen LogP contribution in [-0.4, -0.2) is 42.7 Å². The third-order valence-corrected chi connectivity index (χ3v) is 4.66. The number of thiazole rings is 1. The SMILES string of the molecule is CNC(=O)COc1ccc(C(C)CNCC(O)c2csc(C)n2)cc1. The van der Waals surface area contributed by atoms with E-state index < -0.39 is 6.10 Å². The van der Waals surface area contributed by atoms with E-state index in [2.05, 4.69) is 22.5 Å². The largest absolute Gasteiger partial charge is 0.484 e. The summed E-state index contributed by atoms with van der Waals surface area (Å²) < 4.78 is 5.39. The second kappa shape index (κ2) is 9.50. The van der Waals surface area contributed by atoms with Gasteiger partial charge in [-0.2, -0.15) is 0 Å². The molecular weight excluding hydrogens is 338 g/mol. The van der Waals surface area contributed by atoms with Gasteiger partial charge in [-0.25, -0.2) is 4.98 Å². The molecule has 1 aromatic carbocycles. The molecule has 0 radical (unpaired) electrons. The molecular formula is C18H25N3O3S. The Kier molecular flexibility index (Phi) is 7.36. The number of carbonyl (C=O) groups is 1. The number of benzene rings is 1. The highest BCUT2D eigenvalue weighted by Crippen LogP contribution is 2.19. The van der Waals surface area contributed by atoms with E-state index in [9.17, 15) is 9.90 Å². The standard InChI is InChI=1S/C18H25N3O3S/c1-12(8-20-9-17(22)16-11-25-13(2)21-16)14-4-6-15(7-5-14)24-10-18(23)19-3/h4-7,11-12,17,20,22H,8-10H2,1-3H3,(H,19,23). The van der Waals surface area contributed by atoms with E-state index in [0.717, 1.165) is 17.2 Å².